The van der Waals surface area contributed by atoms with E-state index < -0.39 is 0 Å². The molecule has 0 radical (unpaired) electrons. The minimum absolute atomic E-state index is 0.0828. The molecule has 0 saturated carbocycles. The summed E-state index contributed by atoms with van der Waals surface area (Å²) in [5, 5.41) is 5.05. The Morgan fingerprint density at radius 1 is 1.09 bits per heavy atom. The Hall–Kier alpha value is -2.40. The van der Waals surface area contributed by atoms with Crippen LogP contribution in [0.25, 0.3) is 20.2 Å². The zero-order chi connectivity index (χ0) is 16.4. The monoisotopic (exact) mass is 327 g/mol. The molecule has 1 heterocycles. The molecular weight excluding hydrogens is 310 g/mol. The summed E-state index contributed by atoms with van der Waals surface area (Å²) in [5.41, 5.74) is 1.74. The van der Waals surface area contributed by atoms with Gasteiger partial charge < -0.3 is 10.1 Å². The van der Waals surface area contributed by atoms with Gasteiger partial charge in [0.15, 0.2) is 0 Å². The van der Waals surface area contributed by atoms with Gasteiger partial charge in [-0.05, 0) is 36.8 Å². The average Bonchev–Trinajstić information content (AvgIpc) is 2.84. The molecule has 1 N–H and O–H groups in total. The normalized spacial score (nSPS) is 10.9. The maximum absolute atomic E-state index is 11.6. The minimum atomic E-state index is -0.207. The maximum Gasteiger partial charge on any atom is 0.310 e. The van der Waals surface area contributed by atoms with Crippen LogP contribution >= 0.6 is 11.3 Å². The average molecular weight is 327 g/mol. The van der Waals surface area contributed by atoms with Crippen molar-refractivity contribution in [3.8, 4) is 0 Å². The molecule has 4 nitrogen and oxygen atoms in total. The number of esters is 1. The smallest absolute Gasteiger partial charge is 0.310 e. The summed E-state index contributed by atoms with van der Waals surface area (Å²) < 4.78 is 7.28. The Balaban J connectivity index is 1.99. The van der Waals surface area contributed by atoms with Gasteiger partial charge in [-0.15, -0.1) is 11.3 Å². The van der Waals surface area contributed by atoms with Gasteiger partial charge in [-0.3, -0.25) is 9.59 Å². The van der Waals surface area contributed by atoms with Crippen LogP contribution in [-0.2, 0) is 20.7 Å². The molecule has 23 heavy (non-hydrogen) atoms. The third-order valence-corrected chi connectivity index (χ3v) is 4.64. The number of hydrogen-bond acceptors (Lipinski definition) is 4. The predicted octanol–water partition coefficient (Wildman–Crippen LogP) is 4.12. The first-order valence-electron chi connectivity index (χ1n) is 7.45. The van der Waals surface area contributed by atoms with Gasteiger partial charge in [0.2, 0.25) is 5.91 Å². The second-order valence-corrected chi connectivity index (χ2v) is 6.39. The SMILES string of the molecule is CCOC(=O)Cc1ccc2c(c1)sc1ccc(NC(C)=O)cc12. The number of carbonyl (C=O) groups is 2. The number of amides is 1. The van der Waals surface area contributed by atoms with E-state index in [4.69, 9.17) is 4.74 Å². The molecule has 0 spiro atoms. The molecule has 2 aromatic carbocycles. The molecule has 0 atom stereocenters. The molecule has 0 saturated heterocycles. The summed E-state index contributed by atoms with van der Waals surface area (Å²) in [6.07, 6.45) is 0.287. The number of nitrogens with one attached hydrogen (secondary N) is 1. The van der Waals surface area contributed by atoms with Gasteiger partial charge in [-0.2, -0.15) is 0 Å². The van der Waals surface area contributed by atoms with Crippen LogP contribution in [0.3, 0.4) is 0 Å². The van der Waals surface area contributed by atoms with Gasteiger partial charge in [0.05, 0.1) is 13.0 Å². The predicted molar refractivity (Wildman–Crippen MR) is 94.0 cm³/mol. The molecule has 0 unspecified atom stereocenters. The van der Waals surface area contributed by atoms with E-state index in [-0.39, 0.29) is 18.3 Å². The van der Waals surface area contributed by atoms with Gasteiger partial charge in [-0.25, -0.2) is 0 Å². The van der Waals surface area contributed by atoms with Crippen molar-refractivity contribution in [2.45, 2.75) is 20.3 Å². The van der Waals surface area contributed by atoms with Crippen molar-refractivity contribution in [1.29, 1.82) is 0 Å². The van der Waals surface area contributed by atoms with E-state index in [1.165, 1.54) is 6.92 Å². The molecular formula is C18H17NO3S. The number of thiophene rings is 1. The zero-order valence-corrected chi connectivity index (χ0v) is 13.8. The first-order chi connectivity index (χ1) is 11.1. The molecule has 0 bridgehead atoms. The fraction of sp³-hybridized carbons (Fsp3) is 0.222. The van der Waals surface area contributed by atoms with E-state index in [1.54, 1.807) is 18.3 Å². The summed E-state index contributed by atoms with van der Waals surface area (Å²) in [4.78, 5) is 22.8. The van der Waals surface area contributed by atoms with E-state index in [1.807, 2.05) is 36.4 Å². The fourth-order valence-corrected chi connectivity index (χ4v) is 3.74. The van der Waals surface area contributed by atoms with Gasteiger partial charge >= 0.3 is 5.97 Å². The summed E-state index contributed by atoms with van der Waals surface area (Å²) in [7, 11) is 0. The largest absolute Gasteiger partial charge is 0.466 e. The van der Waals surface area contributed by atoms with Crippen LogP contribution in [0.1, 0.15) is 19.4 Å². The number of carbonyl (C=O) groups excluding carboxylic acids is 2. The molecule has 0 aliphatic heterocycles. The van der Waals surface area contributed by atoms with E-state index in [2.05, 4.69) is 5.32 Å². The standard InChI is InChI=1S/C18H17NO3S/c1-3-22-18(21)9-12-4-6-14-15-10-13(19-11(2)20)5-7-16(15)23-17(14)8-12/h4-8,10H,3,9H2,1-2H3,(H,19,20). The van der Waals surface area contributed by atoms with Crippen molar-refractivity contribution >= 4 is 49.1 Å². The van der Waals surface area contributed by atoms with Gasteiger partial charge in [0.25, 0.3) is 0 Å². The quantitative estimate of drug-likeness (QED) is 0.733. The highest BCUT2D eigenvalue weighted by molar-refractivity contribution is 7.25. The fourth-order valence-electron chi connectivity index (χ4n) is 2.59. The minimum Gasteiger partial charge on any atom is -0.466 e. The van der Waals surface area contributed by atoms with Crippen LogP contribution in [0.15, 0.2) is 36.4 Å². The van der Waals surface area contributed by atoms with Crippen molar-refractivity contribution in [3.05, 3.63) is 42.0 Å². The lowest BCUT2D eigenvalue weighted by Crippen LogP contribution is -2.07. The topological polar surface area (TPSA) is 55.4 Å². The van der Waals surface area contributed by atoms with E-state index in [0.717, 1.165) is 31.4 Å². The third kappa shape index (κ3) is 3.35. The Kier molecular flexibility index (Phi) is 4.30. The number of fused-ring (bicyclic) bond motifs is 3. The van der Waals surface area contributed by atoms with Crippen LogP contribution < -0.4 is 5.32 Å². The highest BCUT2D eigenvalue weighted by atomic mass is 32.1. The van der Waals surface area contributed by atoms with Crippen molar-refractivity contribution in [2.75, 3.05) is 11.9 Å². The second kappa shape index (κ2) is 6.38. The lowest BCUT2D eigenvalue weighted by atomic mass is 10.1. The second-order valence-electron chi connectivity index (χ2n) is 5.31. The van der Waals surface area contributed by atoms with Gasteiger partial charge in [-0.1, -0.05) is 12.1 Å². The Bertz CT molecular complexity index is 898. The van der Waals surface area contributed by atoms with Crippen molar-refractivity contribution in [3.63, 3.8) is 0 Å². The summed E-state index contributed by atoms with van der Waals surface area (Å²) in [6.45, 7) is 3.70. The number of ether oxygens (including phenoxy) is 1. The van der Waals surface area contributed by atoms with Crippen LogP contribution in [0.5, 0.6) is 0 Å². The van der Waals surface area contributed by atoms with E-state index >= 15 is 0 Å². The maximum atomic E-state index is 11.6. The Morgan fingerprint density at radius 3 is 2.65 bits per heavy atom. The van der Waals surface area contributed by atoms with Crippen LogP contribution in [0, 0.1) is 0 Å². The molecule has 0 fully saturated rings. The number of benzene rings is 2. The molecule has 0 aliphatic rings. The third-order valence-electron chi connectivity index (χ3n) is 3.51. The highest BCUT2D eigenvalue weighted by Crippen LogP contribution is 2.36. The summed E-state index contributed by atoms with van der Waals surface area (Å²) in [5.74, 6) is -0.290. The molecule has 3 aromatic rings. The number of rotatable bonds is 4. The lowest BCUT2D eigenvalue weighted by molar-refractivity contribution is -0.142. The molecule has 1 aromatic heterocycles. The van der Waals surface area contributed by atoms with Gasteiger partial charge in [0.1, 0.15) is 0 Å². The number of hydrogen-bond donors (Lipinski definition) is 1. The Morgan fingerprint density at radius 2 is 1.91 bits per heavy atom. The van der Waals surface area contributed by atoms with Crippen LogP contribution in [-0.4, -0.2) is 18.5 Å². The van der Waals surface area contributed by atoms with Crippen molar-refractivity contribution in [1.82, 2.24) is 0 Å². The summed E-state index contributed by atoms with van der Waals surface area (Å²) >= 11 is 1.68. The van der Waals surface area contributed by atoms with Crippen molar-refractivity contribution in [2.24, 2.45) is 0 Å². The van der Waals surface area contributed by atoms with Crippen molar-refractivity contribution < 1.29 is 14.3 Å². The Labute approximate surface area is 138 Å². The molecule has 118 valence electrons. The molecule has 5 heteroatoms. The highest BCUT2D eigenvalue weighted by Gasteiger charge is 2.09. The van der Waals surface area contributed by atoms with Gasteiger partial charge in [0, 0.05) is 32.8 Å². The summed E-state index contributed by atoms with van der Waals surface area (Å²) in [6, 6.07) is 11.9. The van der Waals surface area contributed by atoms with E-state index in [9.17, 15) is 9.59 Å². The van der Waals surface area contributed by atoms with E-state index in [0.29, 0.717) is 6.61 Å². The molecule has 1 amide bonds. The zero-order valence-electron chi connectivity index (χ0n) is 13.0. The first-order valence-corrected chi connectivity index (χ1v) is 8.27. The molecule has 0 aliphatic carbocycles. The molecule has 3 rings (SSSR count). The first kappa shape index (κ1) is 15.5. The van der Waals surface area contributed by atoms with Crippen LogP contribution in [0.2, 0.25) is 0 Å². The lowest BCUT2D eigenvalue weighted by Gasteiger charge is -2.03. The number of anilines is 1. The van der Waals surface area contributed by atoms with Crippen LogP contribution in [0.4, 0.5) is 5.69 Å².